The summed E-state index contributed by atoms with van der Waals surface area (Å²) in [5.41, 5.74) is 1.26. The van der Waals surface area contributed by atoms with Gasteiger partial charge in [0.15, 0.2) is 11.9 Å². The van der Waals surface area contributed by atoms with Gasteiger partial charge in [-0.3, -0.25) is 4.79 Å². The molecule has 1 unspecified atom stereocenters. The van der Waals surface area contributed by atoms with Crippen molar-refractivity contribution in [2.45, 2.75) is 51.6 Å². The SMILES string of the molecule is CC(C)c1cccc(OC2CCCCC2=O)c1. The number of hydrogen-bond acceptors (Lipinski definition) is 2. The average molecular weight is 232 g/mol. The van der Waals surface area contributed by atoms with Gasteiger partial charge in [0, 0.05) is 6.42 Å². The minimum Gasteiger partial charge on any atom is -0.483 e. The molecule has 0 amide bonds. The first-order chi connectivity index (χ1) is 8.16. The molecule has 1 aliphatic carbocycles. The molecule has 1 aliphatic rings. The van der Waals surface area contributed by atoms with Crippen molar-refractivity contribution >= 4 is 5.78 Å². The highest BCUT2D eigenvalue weighted by molar-refractivity contribution is 5.84. The van der Waals surface area contributed by atoms with Gasteiger partial charge in [-0.05, 0) is 42.9 Å². The van der Waals surface area contributed by atoms with Crippen molar-refractivity contribution < 1.29 is 9.53 Å². The molecule has 92 valence electrons. The van der Waals surface area contributed by atoms with Crippen molar-refractivity contribution in [2.24, 2.45) is 0 Å². The van der Waals surface area contributed by atoms with Crippen LogP contribution in [0.3, 0.4) is 0 Å². The van der Waals surface area contributed by atoms with Gasteiger partial charge in [0.05, 0.1) is 0 Å². The summed E-state index contributed by atoms with van der Waals surface area (Å²) in [6.45, 7) is 4.32. The third kappa shape index (κ3) is 3.09. The number of benzene rings is 1. The van der Waals surface area contributed by atoms with Gasteiger partial charge in [0.1, 0.15) is 5.75 Å². The van der Waals surface area contributed by atoms with Crippen LogP contribution in [0, 0.1) is 0 Å². The van der Waals surface area contributed by atoms with Crippen LogP contribution in [0.2, 0.25) is 0 Å². The van der Waals surface area contributed by atoms with Gasteiger partial charge >= 0.3 is 0 Å². The molecular formula is C15H20O2. The first-order valence-corrected chi connectivity index (χ1v) is 6.46. The van der Waals surface area contributed by atoms with Crippen LogP contribution in [0.15, 0.2) is 24.3 Å². The first kappa shape index (κ1) is 12.2. The van der Waals surface area contributed by atoms with Crippen molar-refractivity contribution in [1.29, 1.82) is 0 Å². The van der Waals surface area contributed by atoms with E-state index in [0.717, 1.165) is 25.0 Å². The molecule has 0 heterocycles. The number of ether oxygens (including phenoxy) is 1. The average Bonchev–Trinajstić information content (AvgIpc) is 2.32. The second-order valence-corrected chi connectivity index (χ2v) is 5.05. The van der Waals surface area contributed by atoms with E-state index in [1.165, 1.54) is 5.56 Å². The van der Waals surface area contributed by atoms with Crippen LogP contribution in [-0.2, 0) is 4.79 Å². The Hall–Kier alpha value is -1.31. The summed E-state index contributed by atoms with van der Waals surface area (Å²) < 4.78 is 5.81. The number of hydrogen-bond donors (Lipinski definition) is 0. The zero-order valence-corrected chi connectivity index (χ0v) is 10.6. The van der Waals surface area contributed by atoms with E-state index in [1.807, 2.05) is 18.2 Å². The van der Waals surface area contributed by atoms with Crippen LogP contribution in [-0.4, -0.2) is 11.9 Å². The van der Waals surface area contributed by atoms with Crippen molar-refractivity contribution in [1.82, 2.24) is 0 Å². The topological polar surface area (TPSA) is 26.3 Å². The van der Waals surface area contributed by atoms with Gasteiger partial charge in [-0.2, -0.15) is 0 Å². The van der Waals surface area contributed by atoms with Gasteiger partial charge in [0.25, 0.3) is 0 Å². The summed E-state index contributed by atoms with van der Waals surface area (Å²) in [5.74, 6) is 1.57. The minimum absolute atomic E-state index is 0.217. The fourth-order valence-corrected chi connectivity index (χ4v) is 2.19. The lowest BCUT2D eigenvalue weighted by Gasteiger charge is -2.22. The lowest BCUT2D eigenvalue weighted by molar-refractivity contribution is -0.127. The van der Waals surface area contributed by atoms with Gasteiger partial charge in [0.2, 0.25) is 0 Å². The normalized spacial score (nSPS) is 20.6. The highest BCUT2D eigenvalue weighted by Gasteiger charge is 2.23. The number of rotatable bonds is 3. The van der Waals surface area contributed by atoms with Gasteiger partial charge in [-0.1, -0.05) is 26.0 Å². The van der Waals surface area contributed by atoms with Gasteiger partial charge < -0.3 is 4.74 Å². The molecule has 0 N–H and O–H groups in total. The first-order valence-electron chi connectivity index (χ1n) is 6.46. The molecule has 1 aromatic carbocycles. The van der Waals surface area contributed by atoms with Crippen LogP contribution in [0.5, 0.6) is 5.75 Å². The Morgan fingerprint density at radius 1 is 1.29 bits per heavy atom. The van der Waals surface area contributed by atoms with E-state index in [2.05, 4.69) is 19.9 Å². The van der Waals surface area contributed by atoms with Crippen molar-refractivity contribution in [3.05, 3.63) is 29.8 Å². The van der Waals surface area contributed by atoms with Crippen molar-refractivity contribution in [3.63, 3.8) is 0 Å². The predicted octanol–water partition coefficient (Wildman–Crippen LogP) is 3.70. The summed E-state index contributed by atoms with van der Waals surface area (Å²) in [6, 6.07) is 8.08. The molecule has 0 radical (unpaired) electrons. The maximum atomic E-state index is 11.7. The number of carbonyl (C=O) groups excluding carboxylic acids is 1. The molecule has 17 heavy (non-hydrogen) atoms. The van der Waals surface area contributed by atoms with Crippen LogP contribution < -0.4 is 4.74 Å². The lowest BCUT2D eigenvalue weighted by atomic mass is 9.96. The summed E-state index contributed by atoms with van der Waals surface area (Å²) in [5, 5.41) is 0. The largest absolute Gasteiger partial charge is 0.483 e. The Labute approximate surface area is 103 Å². The highest BCUT2D eigenvalue weighted by Crippen LogP contribution is 2.24. The predicted molar refractivity (Wildman–Crippen MR) is 68.4 cm³/mol. The fourth-order valence-electron chi connectivity index (χ4n) is 2.19. The highest BCUT2D eigenvalue weighted by atomic mass is 16.5. The van der Waals surface area contributed by atoms with Crippen molar-refractivity contribution in [2.75, 3.05) is 0 Å². The van der Waals surface area contributed by atoms with E-state index in [9.17, 15) is 4.79 Å². The van der Waals surface area contributed by atoms with E-state index in [1.54, 1.807) is 0 Å². The Morgan fingerprint density at radius 3 is 2.82 bits per heavy atom. The Morgan fingerprint density at radius 2 is 2.12 bits per heavy atom. The van der Waals surface area contributed by atoms with Crippen LogP contribution >= 0.6 is 0 Å². The Bertz CT molecular complexity index is 396. The summed E-state index contributed by atoms with van der Waals surface area (Å²) in [4.78, 5) is 11.7. The summed E-state index contributed by atoms with van der Waals surface area (Å²) in [7, 11) is 0. The van der Waals surface area contributed by atoms with E-state index in [0.29, 0.717) is 12.3 Å². The molecule has 0 saturated heterocycles. The minimum atomic E-state index is -0.217. The zero-order chi connectivity index (χ0) is 12.3. The maximum Gasteiger partial charge on any atom is 0.173 e. The second kappa shape index (κ2) is 5.35. The lowest BCUT2D eigenvalue weighted by Crippen LogP contribution is -2.30. The molecule has 1 saturated carbocycles. The molecule has 1 atom stereocenters. The molecule has 2 rings (SSSR count). The molecule has 2 nitrogen and oxygen atoms in total. The molecule has 2 heteroatoms. The van der Waals surface area contributed by atoms with E-state index in [-0.39, 0.29) is 11.9 Å². The molecule has 0 aromatic heterocycles. The Balaban J connectivity index is 2.07. The third-order valence-corrected chi connectivity index (χ3v) is 3.30. The number of carbonyl (C=O) groups is 1. The molecule has 0 spiro atoms. The summed E-state index contributed by atoms with van der Waals surface area (Å²) >= 11 is 0. The van der Waals surface area contributed by atoms with E-state index < -0.39 is 0 Å². The van der Waals surface area contributed by atoms with Crippen molar-refractivity contribution in [3.8, 4) is 5.75 Å². The van der Waals surface area contributed by atoms with E-state index in [4.69, 9.17) is 4.74 Å². The monoisotopic (exact) mass is 232 g/mol. The molecular weight excluding hydrogens is 212 g/mol. The van der Waals surface area contributed by atoms with Crippen LogP contribution in [0.25, 0.3) is 0 Å². The Kier molecular flexibility index (Phi) is 3.82. The number of ketones is 1. The smallest absolute Gasteiger partial charge is 0.173 e. The molecule has 0 bridgehead atoms. The maximum absolute atomic E-state index is 11.7. The van der Waals surface area contributed by atoms with E-state index >= 15 is 0 Å². The zero-order valence-electron chi connectivity index (χ0n) is 10.6. The van der Waals surface area contributed by atoms with Gasteiger partial charge in [-0.25, -0.2) is 0 Å². The standard InChI is InChI=1S/C15H20O2/c1-11(2)12-6-5-7-13(10-12)17-15-9-4-3-8-14(15)16/h5-7,10-11,15H,3-4,8-9H2,1-2H3. The number of Topliss-reactive ketones (excluding diaryl/α,β-unsaturated/α-hetero) is 1. The second-order valence-electron chi connectivity index (χ2n) is 5.05. The summed E-state index contributed by atoms with van der Waals surface area (Å²) in [6.07, 6.45) is 3.44. The third-order valence-electron chi connectivity index (χ3n) is 3.30. The molecule has 0 aliphatic heterocycles. The fraction of sp³-hybridized carbons (Fsp3) is 0.533. The van der Waals surface area contributed by atoms with Gasteiger partial charge in [-0.15, -0.1) is 0 Å². The quantitative estimate of drug-likeness (QED) is 0.794. The van der Waals surface area contributed by atoms with Crippen LogP contribution in [0.1, 0.15) is 51.0 Å². The molecule has 1 fully saturated rings. The van der Waals surface area contributed by atoms with Crippen LogP contribution in [0.4, 0.5) is 0 Å². The molecule has 1 aromatic rings.